The van der Waals surface area contributed by atoms with Crippen molar-refractivity contribution >= 4 is 34.0 Å². The Kier molecular flexibility index (Phi) is 5.68. The van der Waals surface area contributed by atoms with Crippen LogP contribution in [-0.2, 0) is 4.79 Å². The van der Waals surface area contributed by atoms with E-state index in [9.17, 15) is 4.79 Å². The maximum absolute atomic E-state index is 12.5. The van der Waals surface area contributed by atoms with Crippen molar-refractivity contribution in [1.29, 1.82) is 0 Å². The second-order valence-corrected chi connectivity index (χ2v) is 6.66. The Labute approximate surface area is 155 Å². The first-order valence-electron chi connectivity index (χ1n) is 7.89. The molecule has 3 rings (SSSR count). The Balaban J connectivity index is 1.67. The zero-order valence-electron chi connectivity index (χ0n) is 13.6. The van der Waals surface area contributed by atoms with Crippen molar-refractivity contribution in [3.63, 3.8) is 0 Å². The van der Waals surface area contributed by atoms with Crippen molar-refractivity contribution in [2.75, 3.05) is 5.32 Å². The van der Waals surface area contributed by atoms with Gasteiger partial charge in [-0.3, -0.25) is 10.1 Å². The van der Waals surface area contributed by atoms with Crippen molar-refractivity contribution in [2.24, 2.45) is 0 Å². The second kappa shape index (κ2) is 8.14. The average Bonchev–Trinajstić information content (AvgIpc) is 3.09. The Morgan fingerprint density at radius 2 is 1.92 bits per heavy atom. The summed E-state index contributed by atoms with van der Waals surface area (Å²) in [6, 6.07) is 16.7. The summed E-state index contributed by atoms with van der Waals surface area (Å²) < 4.78 is 5.75. The van der Waals surface area contributed by atoms with Gasteiger partial charge in [-0.15, -0.1) is 11.3 Å². The molecule has 0 unspecified atom stereocenters. The molecule has 25 heavy (non-hydrogen) atoms. The molecule has 1 aromatic heterocycles. The van der Waals surface area contributed by atoms with Crippen LogP contribution in [-0.4, -0.2) is 17.0 Å². The van der Waals surface area contributed by atoms with Crippen LogP contribution in [0.15, 0.2) is 60.0 Å². The largest absolute Gasteiger partial charge is 0.481 e. The van der Waals surface area contributed by atoms with Gasteiger partial charge in [-0.2, -0.15) is 0 Å². The van der Waals surface area contributed by atoms with Gasteiger partial charge in [0.05, 0.1) is 5.69 Å². The van der Waals surface area contributed by atoms with Crippen LogP contribution in [0.1, 0.15) is 13.3 Å². The number of nitrogens with one attached hydrogen (secondary N) is 1. The number of hydrogen-bond acceptors (Lipinski definition) is 4. The molecule has 128 valence electrons. The fourth-order valence-electron chi connectivity index (χ4n) is 2.26. The summed E-state index contributed by atoms with van der Waals surface area (Å²) >= 11 is 7.28. The highest BCUT2D eigenvalue weighted by molar-refractivity contribution is 7.14. The quantitative estimate of drug-likeness (QED) is 0.642. The van der Waals surface area contributed by atoms with Crippen molar-refractivity contribution in [1.82, 2.24) is 4.98 Å². The molecule has 4 nitrogen and oxygen atoms in total. The molecule has 0 radical (unpaired) electrons. The lowest BCUT2D eigenvalue weighted by Crippen LogP contribution is -2.32. The molecule has 0 saturated carbocycles. The summed E-state index contributed by atoms with van der Waals surface area (Å²) in [4.78, 5) is 16.9. The SMILES string of the molecule is CC[C@H](Oc1ccccc1)C(=O)Nc1nc(-c2ccc(Cl)cc2)cs1. The molecule has 0 bridgehead atoms. The van der Waals surface area contributed by atoms with Crippen molar-refractivity contribution in [3.8, 4) is 17.0 Å². The minimum atomic E-state index is -0.565. The molecule has 1 heterocycles. The lowest BCUT2D eigenvalue weighted by molar-refractivity contribution is -0.122. The minimum Gasteiger partial charge on any atom is -0.481 e. The van der Waals surface area contributed by atoms with Crippen LogP contribution in [0.25, 0.3) is 11.3 Å². The third-order valence-electron chi connectivity index (χ3n) is 3.56. The Morgan fingerprint density at radius 1 is 1.20 bits per heavy atom. The molecule has 1 atom stereocenters. The fraction of sp³-hybridized carbons (Fsp3) is 0.158. The Hall–Kier alpha value is -2.37. The van der Waals surface area contributed by atoms with Gasteiger partial charge in [0.15, 0.2) is 11.2 Å². The summed E-state index contributed by atoms with van der Waals surface area (Å²) in [6.45, 7) is 1.91. The molecule has 1 amide bonds. The molecule has 2 aromatic carbocycles. The molecule has 3 aromatic rings. The van der Waals surface area contributed by atoms with Gasteiger partial charge in [0.1, 0.15) is 5.75 Å². The first-order chi connectivity index (χ1) is 12.2. The number of aromatic nitrogens is 1. The number of rotatable bonds is 6. The number of benzene rings is 2. The van der Waals surface area contributed by atoms with E-state index >= 15 is 0 Å². The highest BCUT2D eigenvalue weighted by Gasteiger charge is 2.19. The number of amides is 1. The smallest absolute Gasteiger partial charge is 0.267 e. The molecule has 0 aliphatic rings. The predicted octanol–water partition coefficient (Wildman–Crippen LogP) is 5.26. The Morgan fingerprint density at radius 3 is 2.60 bits per heavy atom. The van der Waals surface area contributed by atoms with E-state index < -0.39 is 6.10 Å². The lowest BCUT2D eigenvalue weighted by Gasteiger charge is -2.16. The van der Waals surface area contributed by atoms with E-state index in [4.69, 9.17) is 16.3 Å². The van der Waals surface area contributed by atoms with Crippen LogP contribution in [0.3, 0.4) is 0 Å². The van der Waals surface area contributed by atoms with Crippen molar-refractivity contribution in [2.45, 2.75) is 19.4 Å². The first kappa shape index (κ1) is 17.5. The average molecular weight is 373 g/mol. The molecular formula is C19H17ClN2O2S. The van der Waals surface area contributed by atoms with Crippen LogP contribution < -0.4 is 10.1 Å². The van der Waals surface area contributed by atoms with Crippen molar-refractivity contribution in [3.05, 3.63) is 65.0 Å². The van der Waals surface area contributed by atoms with Crippen LogP contribution in [0.4, 0.5) is 5.13 Å². The fourth-order valence-corrected chi connectivity index (χ4v) is 3.10. The standard InChI is InChI=1S/C19H17ClN2O2S/c1-2-17(24-15-6-4-3-5-7-15)18(23)22-19-21-16(12-25-19)13-8-10-14(20)11-9-13/h3-12,17H,2H2,1H3,(H,21,22,23)/t17-/m0/s1. The Bertz CT molecular complexity index is 834. The molecular weight excluding hydrogens is 356 g/mol. The van der Waals surface area contributed by atoms with Gasteiger partial charge < -0.3 is 4.74 Å². The summed E-state index contributed by atoms with van der Waals surface area (Å²) in [5.41, 5.74) is 1.75. The zero-order valence-corrected chi connectivity index (χ0v) is 15.2. The van der Waals surface area contributed by atoms with Crippen molar-refractivity contribution < 1.29 is 9.53 Å². The number of carbonyl (C=O) groups excluding carboxylic acids is 1. The van der Waals surface area contributed by atoms with Gasteiger partial charge in [0, 0.05) is 16.0 Å². The highest BCUT2D eigenvalue weighted by Crippen LogP contribution is 2.26. The van der Waals surface area contributed by atoms with Crippen LogP contribution in [0, 0.1) is 0 Å². The van der Waals surface area contributed by atoms with Gasteiger partial charge in [0.25, 0.3) is 5.91 Å². The number of anilines is 1. The van der Waals surface area contributed by atoms with E-state index in [0.29, 0.717) is 22.3 Å². The summed E-state index contributed by atoms with van der Waals surface area (Å²) in [5, 5.41) is 5.96. The van der Waals surface area contributed by atoms with Gasteiger partial charge >= 0.3 is 0 Å². The summed E-state index contributed by atoms with van der Waals surface area (Å²) in [6.07, 6.45) is 0.00107. The molecule has 0 aliphatic carbocycles. The predicted molar refractivity (Wildman–Crippen MR) is 102 cm³/mol. The van der Waals surface area contributed by atoms with E-state index in [-0.39, 0.29) is 5.91 Å². The second-order valence-electron chi connectivity index (χ2n) is 5.36. The molecule has 0 aliphatic heterocycles. The highest BCUT2D eigenvalue weighted by atomic mass is 35.5. The van der Waals surface area contributed by atoms with Gasteiger partial charge in [-0.25, -0.2) is 4.98 Å². The number of ether oxygens (including phenoxy) is 1. The van der Waals surface area contributed by atoms with E-state index in [1.165, 1.54) is 11.3 Å². The van der Waals surface area contributed by atoms with E-state index in [2.05, 4.69) is 10.3 Å². The maximum atomic E-state index is 12.5. The van der Waals surface area contributed by atoms with E-state index in [1.807, 2.05) is 66.9 Å². The number of hydrogen-bond donors (Lipinski definition) is 1. The topological polar surface area (TPSA) is 51.2 Å². The first-order valence-corrected chi connectivity index (χ1v) is 9.15. The molecule has 1 N–H and O–H groups in total. The van der Waals surface area contributed by atoms with Crippen LogP contribution in [0.5, 0.6) is 5.75 Å². The number of para-hydroxylation sites is 1. The summed E-state index contributed by atoms with van der Waals surface area (Å²) in [7, 11) is 0. The van der Waals surface area contributed by atoms with Gasteiger partial charge in [-0.1, -0.05) is 48.9 Å². The monoisotopic (exact) mass is 372 g/mol. The third kappa shape index (κ3) is 4.59. The number of nitrogens with zero attached hydrogens (tertiary/aromatic N) is 1. The molecule has 6 heteroatoms. The third-order valence-corrected chi connectivity index (χ3v) is 4.57. The van der Waals surface area contributed by atoms with Gasteiger partial charge in [-0.05, 0) is 30.7 Å². The number of halogens is 1. The van der Waals surface area contributed by atoms with E-state index in [1.54, 1.807) is 0 Å². The van der Waals surface area contributed by atoms with E-state index in [0.717, 1.165) is 11.3 Å². The number of thiazole rings is 1. The summed E-state index contributed by atoms with van der Waals surface area (Å²) in [5.74, 6) is 0.467. The van der Waals surface area contributed by atoms with Crippen LogP contribution in [0.2, 0.25) is 5.02 Å². The molecule has 0 spiro atoms. The molecule has 0 fully saturated rings. The lowest BCUT2D eigenvalue weighted by atomic mass is 10.2. The van der Waals surface area contributed by atoms with Crippen LogP contribution >= 0.6 is 22.9 Å². The van der Waals surface area contributed by atoms with Gasteiger partial charge in [0.2, 0.25) is 0 Å². The zero-order chi connectivity index (χ0) is 17.6. The normalized spacial score (nSPS) is 11.8. The molecule has 0 saturated heterocycles. The minimum absolute atomic E-state index is 0.205. The maximum Gasteiger partial charge on any atom is 0.267 e. The number of carbonyl (C=O) groups is 1.